The fourth-order valence-corrected chi connectivity index (χ4v) is 3.09. The molecule has 0 aliphatic heterocycles. The van der Waals surface area contributed by atoms with Gasteiger partial charge in [-0.2, -0.15) is 0 Å². The number of nitrogens with zero attached hydrogens (tertiary/aromatic N) is 1. The van der Waals surface area contributed by atoms with E-state index in [1.165, 1.54) is 37.8 Å². The minimum atomic E-state index is 0.715. The maximum absolute atomic E-state index is 5.71. The Bertz CT molecular complexity index is 367. The van der Waals surface area contributed by atoms with Gasteiger partial charge in [-0.1, -0.05) is 26.7 Å². The van der Waals surface area contributed by atoms with E-state index in [2.05, 4.69) is 30.1 Å². The van der Waals surface area contributed by atoms with Gasteiger partial charge in [-0.15, -0.1) is 0 Å². The lowest BCUT2D eigenvalue weighted by Crippen LogP contribution is -2.35. The van der Waals surface area contributed by atoms with Gasteiger partial charge in [0.15, 0.2) is 0 Å². The zero-order valence-corrected chi connectivity index (χ0v) is 12.6. The van der Waals surface area contributed by atoms with Crippen molar-refractivity contribution in [3.63, 3.8) is 0 Å². The summed E-state index contributed by atoms with van der Waals surface area (Å²) in [6.07, 6.45) is 7.38. The van der Waals surface area contributed by atoms with Gasteiger partial charge in [0.25, 0.3) is 0 Å². The van der Waals surface area contributed by atoms with E-state index in [4.69, 9.17) is 4.42 Å². The molecular weight excluding hydrogens is 236 g/mol. The lowest BCUT2D eigenvalue weighted by atomic mass is 10.1. The van der Waals surface area contributed by atoms with Crippen LogP contribution in [0.4, 0.5) is 0 Å². The van der Waals surface area contributed by atoms with Crippen LogP contribution >= 0.6 is 0 Å². The van der Waals surface area contributed by atoms with E-state index in [1.807, 2.05) is 13.3 Å². The van der Waals surface area contributed by atoms with E-state index in [1.54, 1.807) is 0 Å². The average Bonchev–Trinajstić information content (AvgIpc) is 2.99. The monoisotopic (exact) mass is 264 g/mol. The second kappa shape index (κ2) is 7.11. The second-order valence-corrected chi connectivity index (χ2v) is 6.21. The molecule has 3 heteroatoms. The van der Waals surface area contributed by atoms with Crippen LogP contribution in [0.1, 0.15) is 50.9 Å². The van der Waals surface area contributed by atoms with Gasteiger partial charge in [-0.05, 0) is 31.9 Å². The maximum Gasteiger partial charge on any atom is 0.118 e. The van der Waals surface area contributed by atoms with Crippen LogP contribution in [0.15, 0.2) is 16.7 Å². The molecule has 0 aromatic carbocycles. The lowest BCUT2D eigenvalue weighted by molar-refractivity contribution is 0.156. The highest BCUT2D eigenvalue weighted by atomic mass is 16.3. The molecule has 0 amide bonds. The summed E-state index contributed by atoms with van der Waals surface area (Å²) in [6.45, 7) is 7.63. The van der Waals surface area contributed by atoms with Crippen LogP contribution < -0.4 is 5.32 Å². The first-order chi connectivity index (χ1) is 9.19. The van der Waals surface area contributed by atoms with Crippen molar-refractivity contribution in [3.05, 3.63) is 23.7 Å². The van der Waals surface area contributed by atoms with Gasteiger partial charge in [0.2, 0.25) is 0 Å². The third-order valence-electron chi connectivity index (χ3n) is 3.89. The van der Waals surface area contributed by atoms with Crippen molar-refractivity contribution in [3.8, 4) is 0 Å². The summed E-state index contributed by atoms with van der Waals surface area (Å²) in [5, 5.41) is 3.16. The molecular formula is C16H28N2O. The van der Waals surface area contributed by atoms with Crippen LogP contribution in [0.25, 0.3) is 0 Å². The Morgan fingerprint density at radius 2 is 2.11 bits per heavy atom. The SMILES string of the molecule is CNCc1coc(CN(CC(C)C)C2CCCC2)c1. The molecule has 1 heterocycles. The summed E-state index contributed by atoms with van der Waals surface area (Å²) in [7, 11) is 1.97. The van der Waals surface area contributed by atoms with Gasteiger partial charge in [0.05, 0.1) is 12.8 Å². The van der Waals surface area contributed by atoms with Crippen LogP contribution in [0, 0.1) is 5.92 Å². The van der Waals surface area contributed by atoms with Crippen molar-refractivity contribution in [2.45, 2.75) is 58.7 Å². The molecule has 3 nitrogen and oxygen atoms in total. The van der Waals surface area contributed by atoms with Crippen molar-refractivity contribution in [1.29, 1.82) is 0 Å². The number of nitrogens with one attached hydrogen (secondary N) is 1. The highest BCUT2D eigenvalue weighted by molar-refractivity contribution is 5.12. The first-order valence-corrected chi connectivity index (χ1v) is 7.64. The van der Waals surface area contributed by atoms with Crippen LogP contribution in [0.5, 0.6) is 0 Å². The summed E-state index contributed by atoms with van der Waals surface area (Å²) in [4.78, 5) is 2.62. The Balaban J connectivity index is 1.97. The average molecular weight is 264 g/mol. The summed E-state index contributed by atoms with van der Waals surface area (Å²) >= 11 is 0. The third-order valence-corrected chi connectivity index (χ3v) is 3.89. The van der Waals surface area contributed by atoms with E-state index in [9.17, 15) is 0 Å². The number of rotatable bonds is 7. The Morgan fingerprint density at radius 3 is 2.74 bits per heavy atom. The topological polar surface area (TPSA) is 28.4 Å². The molecule has 1 aromatic heterocycles. The molecule has 0 bridgehead atoms. The first-order valence-electron chi connectivity index (χ1n) is 7.64. The lowest BCUT2D eigenvalue weighted by Gasteiger charge is -2.29. The van der Waals surface area contributed by atoms with E-state index < -0.39 is 0 Å². The predicted octanol–water partition coefficient (Wildman–Crippen LogP) is 3.40. The number of furan rings is 1. The molecule has 0 atom stereocenters. The zero-order valence-electron chi connectivity index (χ0n) is 12.6. The minimum Gasteiger partial charge on any atom is -0.468 e. The van der Waals surface area contributed by atoms with E-state index >= 15 is 0 Å². The largest absolute Gasteiger partial charge is 0.468 e. The van der Waals surface area contributed by atoms with Gasteiger partial charge in [0.1, 0.15) is 5.76 Å². The van der Waals surface area contributed by atoms with Gasteiger partial charge in [-0.25, -0.2) is 0 Å². The summed E-state index contributed by atoms with van der Waals surface area (Å²) in [6, 6.07) is 2.96. The smallest absolute Gasteiger partial charge is 0.118 e. The molecule has 1 fully saturated rings. The van der Waals surface area contributed by atoms with Crippen LogP contribution in [-0.4, -0.2) is 24.5 Å². The van der Waals surface area contributed by atoms with Crippen LogP contribution in [0.2, 0.25) is 0 Å². The van der Waals surface area contributed by atoms with Gasteiger partial charge in [0, 0.05) is 24.7 Å². The Labute approximate surface area is 117 Å². The Morgan fingerprint density at radius 1 is 1.37 bits per heavy atom. The molecule has 1 N–H and O–H groups in total. The van der Waals surface area contributed by atoms with Crippen molar-refractivity contribution in [2.75, 3.05) is 13.6 Å². The summed E-state index contributed by atoms with van der Waals surface area (Å²) in [5.74, 6) is 1.82. The summed E-state index contributed by atoms with van der Waals surface area (Å²) < 4.78 is 5.71. The van der Waals surface area contributed by atoms with Crippen molar-refractivity contribution < 1.29 is 4.42 Å². The first kappa shape index (κ1) is 14.6. The van der Waals surface area contributed by atoms with Crippen molar-refractivity contribution in [2.24, 2.45) is 5.92 Å². The standard InChI is InChI=1S/C16H28N2O/c1-13(2)10-18(15-6-4-5-7-15)11-16-8-14(9-17-3)12-19-16/h8,12-13,15,17H,4-7,9-11H2,1-3H3. The molecule has 1 aliphatic rings. The fourth-order valence-electron chi connectivity index (χ4n) is 3.09. The van der Waals surface area contributed by atoms with E-state index in [-0.39, 0.29) is 0 Å². The quantitative estimate of drug-likeness (QED) is 0.818. The minimum absolute atomic E-state index is 0.715. The van der Waals surface area contributed by atoms with Gasteiger partial charge < -0.3 is 9.73 Å². The molecule has 0 saturated heterocycles. The molecule has 2 rings (SSSR count). The fraction of sp³-hybridized carbons (Fsp3) is 0.750. The predicted molar refractivity (Wildman–Crippen MR) is 79.0 cm³/mol. The van der Waals surface area contributed by atoms with E-state index in [0.29, 0.717) is 5.92 Å². The molecule has 1 aliphatic carbocycles. The molecule has 0 radical (unpaired) electrons. The molecule has 1 saturated carbocycles. The van der Waals surface area contributed by atoms with Crippen molar-refractivity contribution >= 4 is 0 Å². The number of hydrogen-bond acceptors (Lipinski definition) is 3. The maximum atomic E-state index is 5.71. The molecule has 1 aromatic rings. The van der Waals surface area contributed by atoms with E-state index in [0.717, 1.165) is 24.9 Å². The number of hydrogen-bond donors (Lipinski definition) is 1. The normalized spacial score (nSPS) is 16.9. The zero-order chi connectivity index (χ0) is 13.7. The summed E-state index contributed by atoms with van der Waals surface area (Å²) in [5.41, 5.74) is 1.24. The van der Waals surface area contributed by atoms with Crippen LogP contribution in [-0.2, 0) is 13.1 Å². The highest BCUT2D eigenvalue weighted by Gasteiger charge is 2.24. The van der Waals surface area contributed by atoms with Gasteiger partial charge >= 0.3 is 0 Å². The Hall–Kier alpha value is -0.800. The highest BCUT2D eigenvalue weighted by Crippen LogP contribution is 2.26. The Kier molecular flexibility index (Phi) is 5.46. The van der Waals surface area contributed by atoms with Crippen LogP contribution in [0.3, 0.4) is 0 Å². The molecule has 0 spiro atoms. The van der Waals surface area contributed by atoms with Gasteiger partial charge in [-0.3, -0.25) is 4.90 Å². The molecule has 108 valence electrons. The van der Waals surface area contributed by atoms with Crippen molar-refractivity contribution in [1.82, 2.24) is 10.2 Å². The molecule has 0 unspecified atom stereocenters. The second-order valence-electron chi connectivity index (χ2n) is 6.21. The molecule has 19 heavy (non-hydrogen) atoms. The third kappa shape index (κ3) is 4.36.